The average molecular weight is 257 g/mol. The number of benzene rings is 1. The number of nitrogens with zero attached hydrogens (tertiary/aromatic N) is 1. The first-order valence-corrected chi connectivity index (χ1v) is 6.44. The van der Waals surface area contributed by atoms with Gasteiger partial charge in [-0.3, -0.25) is 5.41 Å². The molecule has 2 rings (SSSR count). The second kappa shape index (κ2) is 5.23. The summed E-state index contributed by atoms with van der Waals surface area (Å²) in [4.78, 5) is 5.58. The largest absolute Gasteiger partial charge is 0.384 e. The van der Waals surface area contributed by atoms with E-state index in [9.17, 15) is 0 Å². The van der Waals surface area contributed by atoms with Gasteiger partial charge in [-0.25, -0.2) is 4.98 Å². The maximum atomic E-state index is 7.48. The summed E-state index contributed by atoms with van der Waals surface area (Å²) in [5, 5.41) is 8.34. The van der Waals surface area contributed by atoms with Crippen molar-refractivity contribution in [2.75, 3.05) is 0 Å². The van der Waals surface area contributed by atoms with Crippen LogP contribution in [0.1, 0.15) is 16.8 Å². The summed E-state index contributed by atoms with van der Waals surface area (Å²) in [7, 11) is 0. The van der Waals surface area contributed by atoms with Gasteiger partial charge in [0.25, 0.3) is 0 Å². The third kappa shape index (κ3) is 3.11. The fourth-order valence-electron chi connectivity index (χ4n) is 1.57. The van der Waals surface area contributed by atoms with Gasteiger partial charge in [0.1, 0.15) is 10.9 Å². The number of aromatic nitrogens is 1. The van der Waals surface area contributed by atoms with Gasteiger partial charge in [0.15, 0.2) is 0 Å². The van der Waals surface area contributed by atoms with Crippen molar-refractivity contribution < 1.29 is 0 Å². The van der Waals surface area contributed by atoms with E-state index in [1.54, 1.807) is 11.8 Å². The average Bonchev–Trinajstić information content (AvgIpc) is 2.31. The summed E-state index contributed by atoms with van der Waals surface area (Å²) in [6, 6.07) is 11.9. The number of hydrogen-bond acceptors (Lipinski definition) is 3. The Morgan fingerprint density at radius 1 is 1.17 bits per heavy atom. The predicted octanol–water partition coefficient (Wildman–Crippen LogP) is 3.13. The van der Waals surface area contributed by atoms with E-state index in [-0.39, 0.29) is 5.84 Å². The standard InChI is InChI=1S/C14H15N3S/c1-9-3-5-12(6-4-9)18-13-8-11(14(15)16)7-10(2)17-13/h3-8H,1-2H3,(H3,15,16). The number of hydrogen-bond donors (Lipinski definition) is 2. The molecule has 1 aromatic carbocycles. The van der Waals surface area contributed by atoms with Gasteiger partial charge in [0.2, 0.25) is 0 Å². The van der Waals surface area contributed by atoms with E-state index in [2.05, 4.69) is 36.2 Å². The second-order valence-electron chi connectivity index (χ2n) is 4.16. The zero-order valence-electron chi connectivity index (χ0n) is 10.4. The molecule has 0 fully saturated rings. The highest BCUT2D eigenvalue weighted by molar-refractivity contribution is 7.99. The van der Waals surface area contributed by atoms with E-state index in [0.29, 0.717) is 0 Å². The third-order valence-corrected chi connectivity index (χ3v) is 3.41. The van der Waals surface area contributed by atoms with Crippen molar-refractivity contribution in [1.29, 1.82) is 5.41 Å². The molecule has 1 heterocycles. The summed E-state index contributed by atoms with van der Waals surface area (Å²) in [6.45, 7) is 3.97. The molecule has 0 radical (unpaired) electrons. The zero-order chi connectivity index (χ0) is 13.1. The monoisotopic (exact) mass is 257 g/mol. The number of nitrogens with one attached hydrogen (secondary N) is 1. The maximum Gasteiger partial charge on any atom is 0.122 e. The molecule has 3 nitrogen and oxygen atoms in total. The molecule has 0 unspecified atom stereocenters. The highest BCUT2D eigenvalue weighted by atomic mass is 32.2. The van der Waals surface area contributed by atoms with Crippen LogP contribution < -0.4 is 5.73 Å². The Bertz CT molecular complexity index is 576. The van der Waals surface area contributed by atoms with Gasteiger partial charge in [0.05, 0.1) is 0 Å². The van der Waals surface area contributed by atoms with Crippen molar-refractivity contribution in [3.63, 3.8) is 0 Å². The normalized spacial score (nSPS) is 10.3. The first-order chi connectivity index (χ1) is 8.54. The van der Waals surface area contributed by atoms with E-state index in [4.69, 9.17) is 11.1 Å². The van der Waals surface area contributed by atoms with E-state index >= 15 is 0 Å². The Morgan fingerprint density at radius 2 is 1.83 bits per heavy atom. The van der Waals surface area contributed by atoms with Crippen molar-refractivity contribution in [3.8, 4) is 0 Å². The lowest BCUT2D eigenvalue weighted by Crippen LogP contribution is -2.11. The number of nitrogens with two attached hydrogens (primary N) is 1. The topological polar surface area (TPSA) is 62.8 Å². The van der Waals surface area contributed by atoms with Crippen molar-refractivity contribution >= 4 is 17.6 Å². The van der Waals surface area contributed by atoms with E-state index < -0.39 is 0 Å². The maximum absolute atomic E-state index is 7.48. The van der Waals surface area contributed by atoms with Crippen molar-refractivity contribution in [3.05, 3.63) is 53.2 Å². The molecule has 0 aliphatic heterocycles. The van der Waals surface area contributed by atoms with Crippen LogP contribution in [0.5, 0.6) is 0 Å². The van der Waals surface area contributed by atoms with E-state index in [1.807, 2.05) is 19.1 Å². The smallest absolute Gasteiger partial charge is 0.122 e. The summed E-state index contributed by atoms with van der Waals surface area (Å²) >= 11 is 1.58. The molecule has 0 saturated carbocycles. The molecule has 0 aliphatic rings. The van der Waals surface area contributed by atoms with Gasteiger partial charge in [-0.05, 0) is 38.1 Å². The molecule has 0 spiro atoms. The first kappa shape index (κ1) is 12.6. The molecule has 0 atom stereocenters. The minimum atomic E-state index is 0.0752. The van der Waals surface area contributed by atoms with Crippen molar-refractivity contribution in [1.82, 2.24) is 4.98 Å². The highest BCUT2D eigenvalue weighted by Crippen LogP contribution is 2.27. The van der Waals surface area contributed by atoms with Crippen LogP contribution in [0.4, 0.5) is 0 Å². The van der Waals surface area contributed by atoms with Crippen LogP contribution in [0.2, 0.25) is 0 Å². The molecule has 0 amide bonds. The van der Waals surface area contributed by atoms with Gasteiger partial charge in [-0.1, -0.05) is 29.5 Å². The molecule has 0 bridgehead atoms. The lowest BCUT2D eigenvalue weighted by molar-refractivity contribution is 1.06. The van der Waals surface area contributed by atoms with Crippen molar-refractivity contribution in [2.24, 2.45) is 5.73 Å². The summed E-state index contributed by atoms with van der Waals surface area (Å²) in [6.07, 6.45) is 0. The van der Waals surface area contributed by atoms with E-state index in [0.717, 1.165) is 21.2 Å². The SMILES string of the molecule is Cc1ccc(Sc2cc(C(=N)N)cc(C)n2)cc1. The van der Waals surface area contributed by atoms with Crippen LogP contribution in [0.25, 0.3) is 0 Å². The Hall–Kier alpha value is -1.81. The third-order valence-electron chi connectivity index (χ3n) is 2.48. The molecule has 0 saturated heterocycles. The number of amidine groups is 1. The molecule has 0 aliphatic carbocycles. The van der Waals surface area contributed by atoms with Crippen LogP contribution >= 0.6 is 11.8 Å². The Balaban J connectivity index is 2.28. The molecule has 18 heavy (non-hydrogen) atoms. The van der Waals surface area contributed by atoms with E-state index in [1.165, 1.54) is 5.56 Å². The number of nitrogen functional groups attached to an aromatic ring is 1. The predicted molar refractivity (Wildman–Crippen MR) is 75.3 cm³/mol. The number of aryl methyl sites for hydroxylation is 2. The Labute approximate surface area is 111 Å². The van der Waals surface area contributed by atoms with Crippen LogP contribution in [0.3, 0.4) is 0 Å². The quantitative estimate of drug-likeness (QED) is 0.656. The van der Waals surface area contributed by atoms with Gasteiger partial charge in [-0.2, -0.15) is 0 Å². The molecule has 92 valence electrons. The summed E-state index contributed by atoms with van der Waals surface area (Å²) in [5.74, 6) is 0.0752. The highest BCUT2D eigenvalue weighted by Gasteiger charge is 2.04. The number of pyridine rings is 1. The van der Waals surface area contributed by atoms with Gasteiger partial charge in [-0.15, -0.1) is 0 Å². The molecule has 4 heteroatoms. The van der Waals surface area contributed by atoms with Gasteiger partial charge >= 0.3 is 0 Å². The summed E-state index contributed by atoms with van der Waals surface area (Å²) in [5.41, 5.74) is 8.34. The second-order valence-corrected chi connectivity index (χ2v) is 5.26. The van der Waals surface area contributed by atoms with Crippen LogP contribution in [0.15, 0.2) is 46.3 Å². The fourth-order valence-corrected chi connectivity index (χ4v) is 2.46. The minimum Gasteiger partial charge on any atom is -0.384 e. The Morgan fingerprint density at radius 3 is 2.44 bits per heavy atom. The lowest BCUT2D eigenvalue weighted by Gasteiger charge is -2.05. The van der Waals surface area contributed by atoms with Gasteiger partial charge in [0, 0.05) is 16.2 Å². The van der Waals surface area contributed by atoms with Crippen LogP contribution in [-0.2, 0) is 0 Å². The zero-order valence-corrected chi connectivity index (χ0v) is 11.2. The molecular formula is C14H15N3S. The van der Waals surface area contributed by atoms with Crippen LogP contribution in [-0.4, -0.2) is 10.8 Å². The molecule has 2 aromatic rings. The first-order valence-electron chi connectivity index (χ1n) is 5.62. The molecule has 3 N–H and O–H groups in total. The van der Waals surface area contributed by atoms with Crippen LogP contribution in [0, 0.1) is 19.3 Å². The number of rotatable bonds is 3. The molecule has 1 aromatic heterocycles. The lowest BCUT2D eigenvalue weighted by atomic mass is 10.2. The van der Waals surface area contributed by atoms with Crippen molar-refractivity contribution in [2.45, 2.75) is 23.8 Å². The fraction of sp³-hybridized carbons (Fsp3) is 0.143. The summed E-state index contributed by atoms with van der Waals surface area (Å²) < 4.78 is 0. The Kier molecular flexibility index (Phi) is 3.67. The minimum absolute atomic E-state index is 0.0752. The van der Waals surface area contributed by atoms with Gasteiger partial charge < -0.3 is 5.73 Å². The molecular weight excluding hydrogens is 242 g/mol.